The number of carbonyl (C=O) groups excluding carboxylic acids is 1. The monoisotopic (exact) mass is 410 g/mol. The summed E-state index contributed by atoms with van der Waals surface area (Å²) in [5.74, 6) is -0.558. The van der Waals surface area contributed by atoms with Crippen LogP contribution in [-0.2, 0) is 12.6 Å². The van der Waals surface area contributed by atoms with Crippen molar-refractivity contribution >= 4 is 34.5 Å². The zero-order chi connectivity index (χ0) is 20.6. The van der Waals surface area contributed by atoms with Crippen molar-refractivity contribution in [1.29, 1.82) is 0 Å². The lowest BCUT2D eigenvalue weighted by Gasteiger charge is -2.13. The summed E-state index contributed by atoms with van der Waals surface area (Å²) in [5, 5.41) is 2.54. The fraction of sp³-hybridized carbons (Fsp3) is 0.263. The maximum atomic E-state index is 13.2. The first-order valence-corrected chi connectivity index (χ1v) is 8.86. The average Bonchev–Trinajstić information content (AvgIpc) is 3.00. The van der Waals surface area contributed by atoms with E-state index in [1.54, 1.807) is 19.1 Å². The molecule has 1 aromatic carbocycles. The van der Waals surface area contributed by atoms with E-state index >= 15 is 0 Å². The van der Waals surface area contributed by atoms with Gasteiger partial charge >= 0.3 is 6.18 Å². The number of anilines is 2. The zero-order valence-electron chi connectivity index (χ0n) is 15.4. The molecular formula is C19H18ClF3N4O. The van der Waals surface area contributed by atoms with Gasteiger partial charge in [-0.3, -0.25) is 9.20 Å². The van der Waals surface area contributed by atoms with E-state index in [0.29, 0.717) is 17.8 Å². The minimum absolute atomic E-state index is 0.0298. The number of aromatic nitrogens is 2. The van der Waals surface area contributed by atoms with E-state index < -0.39 is 17.6 Å². The van der Waals surface area contributed by atoms with Crippen molar-refractivity contribution in [1.82, 2.24) is 9.38 Å². The van der Waals surface area contributed by atoms with Crippen LogP contribution < -0.4 is 10.2 Å². The highest BCUT2D eigenvalue weighted by atomic mass is 35.5. The maximum absolute atomic E-state index is 13.2. The van der Waals surface area contributed by atoms with Gasteiger partial charge in [0.05, 0.1) is 16.3 Å². The SMILES string of the molecule is CCc1nc2c(Cl)cc(C(F)(F)F)cn2c1C(=O)Nc1ccc(N(C)C)cc1. The van der Waals surface area contributed by atoms with E-state index in [9.17, 15) is 18.0 Å². The summed E-state index contributed by atoms with van der Waals surface area (Å²) >= 11 is 6.00. The third-order valence-electron chi connectivity index (χ3n) is 4.27. The van der Waals surface area contributed by atoms with Gasteiger partial charge in [0.25, 0.3) is 5.91 Å². The molecule has 0 saturated heterocycles. The van der Waals surface area contributed by atoms with Gasteiger partial charge in [-0.1, -0.05) is 18.5 Å². The van der Waals surface area contributed by atoms with Crippen molar-refractivity contribution in [2.45, 2.75) is 19.5 Å². The highest BCUT2D eigenvalue weighted by molar-refractivity contribution is 6.33. The average molecular weight is 411 g/mol. The largest absolute Gasteiger partial charge is 0.417 e. The van der Waals surface area contributed by atoms with Crippen LogP contribution in [-0.4, -0.2) is 29.4 Å². The standard InChI is InChI=1S/C19H18ClF3N4O/c1-4-15-16(18(28)24-12-5-7-13(8-6-12)26(2)3)27-10-11(19(21,22)23)9-14(20)17(27)25-15/h5-10H,4H2,1-3H3,(H,24,28). The summed E-state index contributed by atoms with van der Waals surface area (Å²) in [6.07, 6.45) is -3.39. The molecule has 1 N–H and O–H groups in total. The fourth-order valence-electron chi connectivity index (χ4n) is 2.83. The number of hydrogen-bond acceptors (Lipinski definition) is 3. The van der Waals surface area contributed by atoms with Gasteiger partial charge in [0.15, 0.2) is 5.65 Å². The molecule has 2 heterocycles. The molecule has 0 aliphatic heterocycles. The Balaban J connectivity index is 2.05. The molecule has 0 aliphatic rings. The Labute approximate surface area is 164 Å². The van der Waals surface area contributed by atoms with Crippen LogP contribution in [0.25, 0.3) is 5.65 Å². The molecule has 0 unspecified atom stereocenters. The molecular weight excluding hydrogens is 393 g/mol. The van der Waals surface area contributed by atoms with Crippen LogP contribution in [0.2, 0.25) is 5.02 Å². The van der Waals surface area contributed by atoms with Gasteiger partial charge in [-0.2, -0.15) is 13.2 Å². The second-order valence-corrected chi connectivity index (χ2v) is 6.83. The normalized spacial score (nSPS) is 11.7. The Morgan fingerprint density at radius 3 is 2.43 bits per heavy atom. The van der Waals surface area contributed by atoms with Crippen molar-refractivity contribution in [2.75, 3.05) is 24.3 Å². The van der Waals surface area contributed by atoms with Crippen LogP contribution >= 0.6 is 11.6 Å². The number of fused-ring (bicyclic) bond motifs is 1. The van der Waals surface area contributed by atoms with Crippen LogP contribution in [0.1, 0.15) is 28.7 Å². The summed E-state index contributed by atoms with van der Waals surface area (Å²) in [6, 6.07) is 7.89. The number of hydrogen-bond donors (Lipinski definition) is 1. The predicted molar refractivity (Wildman–Crippen MR) is 103 cm³/mol. The third kappa shape index (κ3) is 3.77. The second-order valence-electron chi connectivity index (χ2n) is 6.42. The molecule has 0 bridgehead atoms. The minimum atomic E-state index is -4.59. The molecule has 28 heavy (non-hydrogen) atoms. The van der Waals surface area contributed by atoms with E-state index in [-0.39, 0.29) is 16.4 Å². The summed E-state index contributed by atoms with van der Waals surface area (Å²) < 4.78 is 40.6. The van der Waals surface area contributed by atoms with Crippen LogP contribution in [0.4, 0.5) is 24.5 Å². The van der Waals surface area contributed by atoms with Crippen molar-refractivity contribution in [3.8, 4) is 0 Å². The van der Waals surface area contributed by atoms with E-state index in [1.165, 1.54) is 0 Å². The highest BCUT2D eigenvalue weighted by Gasteiger charge is 2.33. The van der Waals surface area contributed by atoms with Gasteiger partial charge in [-0.05, 0) is 36.8 Å². The number of benzene rings is 1. The van der Waals surface area contributed by atoms with E-state index in [0.717, 1.165) is 22.4 Å². The summed E-state index contributed by atoms with van der Waals surface area (Å²) in [5.41, 5.74) is 1.02. The highest BCUT2D eigenvalue weighted by Crippen LogP contribution is 2.33. The summed E-state index contributed by atoms with van der Waals surface area (Å²) in [7, 11) is 3.78. The van der Waals surface area contributed by atoms with E-state index in [4.69, 9.17) is 11.6 Å². The van der Waals surface area contributed by atoms with Crippen molar-refractivity contribution < 1.29 is 18.0 Å². The summed E-state index contributed by atoms with van der Waals surface area (Å²) in [4.78, 5) is 19.0. The molecule has 0 aliphatic carbocycles. The lowest BCUT2D eigenvalue weighted by Crippen LogP contribution is -2.17. The number of pyridine rings is 1. The molecule has 3 aromatic rings. The lowest BCUT2D eigenvalue weighted by atomic mass is 10.2. The quantitative estimate of drug-likeness (QED) is 0.666. The smallest absolute Gasteiger partial charge is 0.378 e. The maximum Gasteiger partial charge on any atom is 0.417 e. The number of amides is 1. The molecule has 0 radical (unpaired) electrons. The van der Waals surface area contributed by atoms with Crippen molar-refractivity contribution in [2.24, 2.45) is 0 Å². The number of carbonyl (C=O) groups is 1. The second kappa shape index (κ2) is 7.35. The molecule has 5 nitrogen and oxygen atoms in total. The third-order valence-corrected chi connectivity index (χ3v) is 4.54. The van der Waals surface area contributed by atoms with Gasteiger partial charge in [-0.15, -0.1) is 0 Å². The number of alkyl halides is 3. The summed E-state index contributed by atoms with van der Waals surface area (Å²) in [6.45, 7) is 1.77. The topological polar surface area (TPSA) is 49.6 Å². The molecule has 3 rings (SSSR count). The Morgan fingerprint density at radius 2 is 1.89 bits per heavy atom. The number of halogens is 4. The van der Waals surface area contributed by atoms with E-state index in [1.807, 2.05) is 31.1 Å². The van der Waals surface area contributed by atoms with Gasteiger partial charge in [0, 0.05) is 31.7 Å². The molecule has 0 atom stereocenters. The molecule has 2 aromatic heterocycles. The van der Waals surface area contributed by atoms with Crippen molar-refractivity contribution in [3.05, 3.63) is 58.5 Å². The number of imidazole rings is 1. The molecule has 148 valence electrons. The van der Waals surface area contributed by atoms with Crippen molar-refractivity contribution in [3.63, 3.8) is 0 Å². The number of nitrogens with zero attached hydrogens (tertiary/aromatic N) is 3. The minimum Gasteiger partial charge on any atom is -0.378 e. The number of nitrogens with one attached hydrogen (secondary N) is 1. The van der Waals surface area contributed by atoms with Gasteiger partial charge in [-0.25, -0.2) is 4.98 Å². The van der Waals surface area contributed by atoms with Gasteiger partial charge < -0.3 is 10.2 Å². The predicted octanol–water partition coefficient (Wildman–Crippen LogP) is 4.89. The Hall–Kier alpha value is -2.74. The fourth-order valence-corrected chi connectivity index (χ4v) is 3.08. The first-order valence-electron chi connectivity index (χ1n) is 8.48. The zero-order valence-corrected chi connectivity index (χ0v) is 16.2. The van der Waals surface area contributed by atoms with Gasteiger partial charge in [0.2, 0.25) is 0 Å². The lowest BCUT2D eigenvalue weighted by molar-refractivity contribution is -0.137. The van der Waals surface area contributed by atoms with Crippen LogP contribution in [0.5, 0.6) is 0 Å². The first kappa shape index (κ1) is 20.0. The Morgan fingerprint density at radius 1 is 1.25 bits per heavy atom. The van der Waals surface area contributed by atoms with Gasteiger partial charge in [0.1, 0.15) is 5.69 Å². The molecule has 0 spiro atoms. The Bertz CT molecular complexity index is 1030. The number of rotatable bonds is 4. The first-order chi connectivity index (χ1) is 13.1. The van der Waals surface area contributed by atoms with Crippen LogP contribution in [0.3, 0.4) is 0 Å². The molecule has 9 heteroatoms. The van der Waals surface area contributed by atoms with Crippen LogP contribution in [0.15, 0.2) is 36.5 Å². The molecule has 0 fully saturated rings. The molecule has 1 amide bonds. The molecule has 0 saturated carbocycles. The number of aryl methyl sites for hydroxylation is 1. The van der Waals surface area contributed by atoms with Crippen LogP contribution in [0, 0.1) is 0 Å². The Kier molecular flexibility index (Phi) is 5.25. The van der Waals surface area contributed by atoms with E-state index in [2.05, 4.69) is 10.3 Å².